The van der Waals surface area contributed by atoms with E-state index in [1.807, 2.05) is 22.9 Å². The molecule has 0 amide bonds. The molecule has 1 fully saturated rings. The van der Waals surface area contributed by atoms with Gasteiger partial charge in [0.2, 0.25) is 0 Å². The third kappa shape index (κ3) is 5.81. The van der Waals surface area contributed by atoms with E-state index in [9.17, 15) is 0 Å². The molecule has 2 aromatic carbocycles. The number of halogens is 2. The number of methoxy groups -OCH3 is 1. The number of nitrogens with zero attached hydrogens (tertiary/aromatic N) is 6. The van der Waals surface area contributed by atoms with Crippen LogP contribution in [-0.2, 0) is 17.8 Å². The van der Waals surface area contributed by atoms with Gasteiger partial charge >= 0.3 is 0 Å². The Morgan fingerprint density at radius 3 is 2.42 bits per heavy atom. The van der Waals surface area contributed by atoms with Crippen LogP contribution in [0.4, 0.5) is 0 Å². The fourth-order valence-corrected chi connectivity index (χ4v) is 4.20. The van der Waals surface area contributed by atoms with Gasteiger partial charge in [-0.25, -0.2) is 4.68 Å². The molecule has 1 atom stereocenters. The number of aromatic nitrogens is 4. The minimum Gasteiger partial charge on any atom is -0.383 e. The molecule has 1 unspecified atom stereocenters. The van der Waals surface area contributed by atoms with Gasteiger partial charge in [-0.05, 0) is 27.6 Å². The molecule has 2 heterocycles. The molecule has 1 aliphatic heterocycles. The highest BCUT2D eigenvalue weighted by atomic mass is 35.5. The van der Waals surface area contributed by atoms with Gasteiger partial charge in [0, 0.05) is 44.9 Å². The number of piperazine rings is 1. The molecule has 1 aliphatic rings. The van der Waals surface area contributed by atoms with E-state index >= 15 is 0 Å². The second-order valence-electron chi connectivity index (χ2n) is 7.47. The zero-order chi connectivity index (χ0) is 20.8. The molecule has 166 valence electrons. The van der Waals surface area contributed by atoms with Crippen LogP contribution >= 0.6 is 24.0 Å². The van der Waals surface area contributed by atoms with Crippen molar-refractivity contribution < 1.29 is 4.74 Å². The second kappa shape index (κ2) is 11.5. The van der Waals surface area contributed by atoms with Gasteiger partial charge in [-0.3, -0.25) is 9.80 Å². The largest absolute Gasteiger partial charge is 0.383 e. The quantitative estimate of drug-likeness (QED) is 0.511. The van der Waals surface area contributed by atoms with E-state index < -0.39 is 0 Å². The number of hydrogen-bond acceptors (Lipinski definition) is 6. The Bertz CT molecular complexity index is 931. The number of ether oxygens (including phenoxy) is 1. The minimum atomic E-state index is -0.0931. The SMILES string of the molecule is COCCn1nnnc1C(c1ccccc1Cl)N1CCN(Cc2ccccc2)CC1.Cl. The van der Waals surface area contributed by atoms with Gasteiger partial charge in [0.1, 0.15) is 0 Å². The summed E-state index contributed by atoms with van der Waals surface area (Å²) < 4.78 is 7.06. The summed E-state index contributed by atoms with van der Waals surface area (Å²) in [5, 5.41) is 13.2. The molecule has 1 saturated heterocycles. The average Bonchev–Trinajstić information content (AvgIpc) is 3.24. The molecule has 31 heavy (non-hydrogen) atoms. The maximum absolute atomic E-state index is 6.61. The highest BCUT2D eigenvalue weighted by molar-refractivity contribution is 6.31. The number of benzene rings is 2. The molecule has 1 aromatic heterocycles. The first-order valence-corrected chi connectivity index (χ1v) is 10.6. The number of tetrazole rings is 1. The summed E-state index contributed by atoms with van der Waals surface area (Å²) in [6, 6.07) is 18.5. The lowest BCUT2D eigenvalue weighted by Gasteiger charge is -2.39. The normalized spacial score (nSPS) is 16.1. The van der Waals surface area contributed by atoms with Crippen LogP contribution in [0.5, 0.6) is 0 Å². The van der Waals surface area contributed by atoms with E-state index in [0.717, 1.165) is 49.1 Å². The maximum Gasteiger partial charge on any atom is 0.173 e. The van der Waals surface area contributed by atoms with Gasteiger partial charge in [-0.15, -0.1) is 17.5 Å². The molecular weight excluding hydrogens is 435 g/mol. The van der Waals surface area contributed by atoms with E-state index in [1.54, 1.807) is 7.11 Å². The zero-order valence-corrected chi connectivity index (χ0v) is 19.2. The Morgan fingerprint density at radius 2 is 1.71 bits per heavy atom. The summed E-state index contributed by atoms with van der Waals surface area (Å²) in [4.78, 5) is 4.92. The zero-order valence-electron chi connectivity index (χ0n) is 17.6. The Morgan fingerprint density at radius 1 is 1.00 bits per heavy atom. The highest BCUT2D eigenvalue weighted by Gasteiger charge is 2.31. The first-order chi connectivity index (χ1) is 14.8. The van der Waals surface area contributed by atoms with Gasteiger partial charge in [0.15, 0.2) is 5.82 Å². The van der Waals surface area contributed by atoms with Crippen LogP contribution in [0.1, 0.15) is 23.0 Å². The molecule has 0 radical (unpaired) electrons. The van der Waals surface area contributed by atoms with E-state index in [-0.39, 0.29) is 18.4 Å². The van der Waals surface area contributed by atoms with Crippen molar-refractivity contribution in [1.82, 2.24) is 30.0 Å². The minimum absolute atomic E-state index is 0. The van der Waals surface area contributed by atoms with Crippen molar-refractivity contribution in [3.8, 4) is 0 Å². The predicted octanol–water partition coefficient (Wildman–Crippen LogP) is 3.30. The first-order valence-electron chi connectivity index (χ1n) is 10.3. The highest BCUT2D eigenvalue weighted by Crippen LogP contribution is 2.32. The van der Waals surface area contributed by atoms with Crippen LogP contribution in [0.3, 0.4) is 0 Å². The maximum atomic E-state index is 6.61. The third-order valence-electron chi connectivity index (χ3n) is 5.53. The van der Waals surface area contributed by atoms with Gasteiger partial charge in [-0.2, -0.15) is 0 Å². The fraction of sp³-hybridized carbons (Fsp3) is 0.409. The Balaban J connectivity index is 0.00000272. The molecule has 9 heteroatoms. The first kappa shape index (κ1) is 23.6. The lowest BCUT2D eigenvalue weighted by atomic mass is 10.0. The van der Waals surface area contributed by atoms with E-state index in [2.05, 4.69) is 61.7 Å². The van der Waals surface area contributed by atoms with Crippen LogP contribution < -0.4 is 0 Å². The van der Waals surface area contributed by atoms with E-state index in [0.29, 0.717) is 13.2 Å². The van der Waals surface area contributed by atoms with Gasteiger partial charge < -0.3 is 4.74 Å². The molecule has 3 aromatic rings. The summed E-state index contributed by atoms with van der Waals surface area (Å²) >= 11 is 6.61. The van der Waals surface area contributed by atoms with Crippen LogP contribution in [0.25, 0.3) is 0 Å². The van der Waals surface area contributed by atoms with E-state index in [1.165, 1.54) is 5.56 Å². The monoisotopic (exact) mass is 462 g/mol. The van der Waals surface area contributed by atoms with Crippen molar-refractivity contribution >= 4 is 24.0 Å². The number of hydrogen-bond donors (Lipinski definition) is 0. The lowest BCUT2D eigenvalue weighted by Crippen LogP contribution is -2.48. The molecule has 7 nitrogen and oxygen atoms in total. The van der Waals surface area contributed by atoms with Crippen LogP contribution in [0.15, 0.2) is 54.6 Å². The third-order valence-corrected chi connectivity index (χ3v) is 5.88. The number of rotatable bonds is 8. The van der Waals surface area contributed by atoms with Crippen molar-refractivity contribution in [3.05, 3.63) is 76.6 Å². The Hall–Kier alpha value is -2.03. The summed E-state index contributed by atoms with van der Waals surface area (Å²) in [6.45, 7) is 5.92. The van der Waals surface area contributed by atoms with E-state index in [4.69, 9.17) is 16.3 Å². The topological polar surface area (TPSA) is 59.3 Å². The van der Waals surface area contributed by atoms with Gasteiger partial charge in [0.05, 0.1) is 19.2 Å². The van der Waals surface area contributed by atoms with Crippen LogP contribution in [0.2, 0.25) is 5.02 Å². The fourth-order valence-electron chi connectivity index (χ4n) is 3.96. The lowest BCUT2D eigenvalue weighted by molar-refractivity contribution is 0.0989. The van der Waals surface area contributed by atoms with Crippen molar-refractivity contribution in [2.45, 2.75) is 19.1 Å². The standard InChI is InChI=1S/C22H27ClN6O.ClH/c1-30-16-15-29-22(24-25-26-29)21(19-9-5-6-10-20(19)23)28-13-11-27(12-14-28)17-18-7-3-2-4-8-18;/h2-10,21H,11-17H2,1H3;1H. The van der Waals surface area contributed by atoms with Crippen molar-refractivity contribution in [1.29, 1.82) is 0 Å². The smallest absolute Gasteiger partial charge is 0.173 e. The summed E-state index contributed by atoms with van der Waals surface area (Å²) in [7, 11) is 1.68. The Kier molecular flexibility index (Phi) is 8.80. The summed E-state index contributed by atoms with van der Waals surface area (Å²) in [5.74, 6) is 0.802. The van der Waals surface area contributed by atoms with Gasteiger partial charge in [0.25, 0.3) is 0 Å². The molecule has 0 bridgehead atoms. The van der Waals surface area contributed by atoms with Gasteiger partial charge in [-0.1, -0.05) is 60.1 Å². The molecule has 0 spiro atoms. The predicted molar refractivity (Wildman–Crippen MR) is 124 cm³/mol. The van der Waals surface area contributed by atoms with Crippen molar-refractivity contribution in [3.63, 3.8) is 0 Å². The molecule has 0 saturated carbocycles. The second-order valence-corrected chi connectivity index (χ2v) is 7.88. The van der Waals surface area contributed by atoms with Crippen LogP contribution in [-0.4, -0.2) is 69.9 Å². The summed E-state index contributed by atoms with van der Waals surface area (Å²) in [5.41, 5.74) is 2.38. The molecular formula is C22H28Cl2N6O. The van der Waals surface area contributed by atoms with Crippen LogP contribution in [0, 0.1) is 0 Å². The van der Waals surface area contributed by atoms with Crippen molar-refractivity contribution in [2.24, 2.45) is 0 Å². The Labute approximate surface area is 194 Å². The molecule has 0 aliphatic carbocycles. The summed E-state index contributed by atoms with van der Waals surface area (Å²) in [6.07, 6.45) is 0. The molecule has 0 N–H and O–H groups in total. The average molecular weight is 463 g/mol. The van der Waals surface area contributed by atoms with Crippen molar-refractivity contribution in [2.75, 3.05) is 39.9 Å². The molecule has 4 rings (SSSR count).